The average molecular weight is 268 g/mol. The van der Waals surface area contributed by atoms with E-state index in [1.165, 1.54) is 12.1 Å². The second-order valence-electron chi connectivity index (χ2n) is 5.50. The fraction of sp³-hybridized carbons (Fsp3) is 0.600. The molecule has 19 heavy (non-hydrogen) atoms. The zero-order chi connectivity index (χ0) is 13.9. The molecule has 2 atom stereocenters. The zero-order valence-corrected chi connectivity index (χ0v) is 11.4. The van der Waals surface area contributed by atoms with E-state index in [1.807, 2.05) is 0 Å². The van der Waals surface area contributed by atoms with E-state index in [1.54, 1.807) is 30.1 Å². The molecule has 2 nitrogen and oxygen atoms in total. The molecule has 0 saturated heterocycles. The summed E-state index contributed by atoms with van der Waals surface area (Å²) >= 11 is 0. The van der Waals surface area contributed by atoms with E-state index in [2.05, 4.69) is 0 Å². The lowest BCUT2D eigenvalue weighted by atomic mass is 9.89. The van der Waals surface area contributed by atoms with Crippen LogP contribution in [0.15, 0.2) is 30.3 Å². The van der Waals surface area contributed by atoms with E-state index < -0.39 is 5.92 Å². The minimum atomic E-state index is -2.83. The highest BCUT2D eigenvalue weighted by Crippen LogP contribution is 2.31. The zero-order valence-electron chi connectivity index (χ0n) is 11.4. The van der Waals surface area contributed by atoms with Crippen molar-refractivity contribution in [2.75, 3.05) is 13.6 Å². The summed E-state index contributed by atoms with van der Waals surface area (Å²) < 4.78 is 28.4. The monoisotopic (exact) mass is 268 g/mol. The van der Waals surface area contributed by atoms with Crippen LogP contribution in [0.5, 0.6) is 0 Å². The van der Waals surface area contributed by atoms with Crippen molar-refractivity contribution in [3.05, 3.63) is 35.9 Å². The first-order valence-corrected chi connectivity index (χ1v) is 6.90. The standard InChI is InChI=1S/C15H22F2N2/c1-19(14-10-6-5-9-13(14)18)11-15(16,17)12-7-3-2-4-8-12/h2-4,7-8,13-14H,5-6,9-11,18H2,1H3. The van der Waals surface area contributed by atoms with Gasteiger partial charge in [0.25, 0.3) is 5.92 Å². The minimum absolute atomic E-state index is 0.0188. The number of likely N-dealkylation sites (N-methyl/N-ethyl adjacent to an activating group) is 1. The first-order chi connectivity index (χ1) is 9.00. The molecule has 0 spiro atoms. The SMILES string of the molecule is CN(CC(F)(F)c1ccccc1)C1CCCCC1N. The quantitative estimate of drug-likeness (QED) is 0.909. The van der Waals surface area contributed by atoms with Crippen molar-refractivity contribution in [2.24, 2.45) is 5.73 Å². The lowest BCUT2D eigenvalue weighted by molar-refractivity contribution is -0.0460. The van der Waals surface area contributed by atoms with Gasteiger partial charge in [-0.25, -0.2) is 0 Å². The summed E-state index contributed by atoms with van der Waals surface area (Å²) in [5, 5.41) is 0. The summed E-state index contributed by atoms with van der Waals surface area (Å²) in [5.74, 6) is -2.83. The Bertz CT molecular complexity index is 394. The van der Waals surface area contributed by atoms with Gasteiger partial charge < -0.3 is 5.73 Å². The van der Waals surface area contributed by atoms with E-state index in [-0.39, 0.29) is 24.2 Å². The third-order valence-corrected chi connectivity index (χ3v) is 3.99. The van der Waals surface area contributed by atoms with E-state index in [0.717, 1.165) is 25.7 Å². The highest BCUT2D eigenvalue weighted by molar-refractivity contribution is 5.20. The Morgan fingerprint density at radius 3 is 2.47 bits per heavy atom. The second-order valence-corrected chi connectivity index (χ2v) is 5.50. The van der Waals surface area contributed by atoms with Crippen molar-refractivity contribution in [3.63, 3.8) is 0 Å². The van der Waals surface area contributed by atoms with Gasteiger partial charge in [0, 0.05) is 17.6 Å². The fourth-order valence-corrected chi connectivity index (χ4v) is 2.89. The third kappa shape index (κ3) is 3.51. The number of nitrogens with two attached hydrogens (primary N) is 1. The summed E-state index contributed by atoms with van der Waals surface area (Å²) in [6.45, 7) is -0.268. The van der Waals surface area contributed by atoms with Gasteiger partial charge in [-0.3, -0.25) is 4.90 Å². The predicted molar refractivity (Wildman–Crippen MR) is 73.2 cm³/mol. The summed E-state index contributed by atoms with van der Waals surface area (Å²) in [6.07, 6.45) is 4.05. The van der Waals surface area contributed by atoms with Gasteiger partial charge in [0.2, 0.25) is 0 Å². The molecule has 0 radical (unpaired) electrons. The Morgan fingerprint density at radius 1 is 1.21 bits per heavy atom. The molecule has 0 amide bonds. The molecule has 1 aliphatic carbocycles. The topological polar surface area (TPSA) is 29.3 Å². The Hall–Kier alpha value is -1.00. The number of nitrogens with zero attached hydrogens (tertiary/aromatic N) is 1. The van der Waals surface area contributed by atoms with Crippen molar-refractivity contribution < 1.29 is 8.78 Å². The fourth-order valence-electron chi connectivity index (χ4n) is 2.89. The van der Waals surface area contributed by atoms with Crippen molar-refractivity contribution in [2.45, 2.75) is 43.7 Å². The molecule has 1 aromatic carbocycles. The molecular formula is C15H22F2N2. The van der Waals surface area contributed by atoms with Crippen LogP contribution in [0.2, 0.25) is 0 Å². The summed E-state index contributed by atoms with van der Waals surface area (Å²) in [4.78, 5) is 1.73. The predicted octanol–water partition coefficient (Wildman–Crippen LogP) is 2.98. The number of hydrogen-bond donors (Lipinski definition) is 1. The van der Waals surface area contributed by atoms with Crippen LogP contribution < -0.4 is 5.73 Å². The van der Waals surface area contributed by atoms with Gasteiger partial charge >= 0.3 is 0 Å². The number of benzene rings is 1. The Balaban J connectivity index is 2.03. The van der Waals surface area contributed by atoms with Crippen LogP contribution >= 0.6 is 0 Å². The highest BCUT2D eigenvalue weighted by atomic mass is 19.3. The van der Waals surface area contributed by atoms with E-state index in [0.29, 0.717) is 0 Å². The largest absolute Gasteiger partial charge is 0.326 e. The van der Waals surface area contributed by atoms with Crippen LogP contribution in [0.4, 0.5) is 8.78 Å². The molecule has 1 saturated carbocycles. The smallest absolute Gasteiger partial charge is 0.285 e. The van der Waals surface area contributed by atoms with Crippen LogP contribution in [0.25, 0.3) is 0 Å². The highest BCUT2D eigenvalue weighted by Gasteiger charge is 2.36. The minimum Gasteiger partial charge on any atom is -0.326 e. The Kier molecular flexibility index (Phi) is 4.53. The third-order valence-electron chi connectivity index (χ3n) is 3.99. The van der Waals surface area contributed by atoms with E-state index in [4.69, 9.17) is 5.73 Å². The molecule has 2 unspecified atom stereocenters. The molecule has 106 valence electrons. The van der Waals surface area contributed by atoms with E-state index >= 15 is 0 Å². The molecule has 0 heterocycles. The van der Waals surface area contributed by atoms with Crippen LogP contribution in [0, 0.1) is 0 Å². The molecule has 0 bridgehead atoms. The Labute approximate surface area is 113 Å². The summed E-state index contributed by atoms with van der Waals surface area (Å²) in [6, 6.07) is 8.10. The maximum atomic E-state index is 14.2. The molecular weight excluding hydrogens is 246 g/mol. The Morgan fingerprint density at radius 2 is 1.84 bits per heavy atom. The van der Waals surface area contributed by atoms with Crippen molar-refractivity contribution in [1.82, 2.24) is 4.90 Å². The first kappa shape index (κ1) is 14.4. The molecule has 4 heteroatoms. The molecule has 2 rings (SSSR count). The molecule has 0 aliphatic heterocycles. The molecule has 0 aromatic heterocycles. The van der Waals surface area contributed by atoms with E-state index in [9.17, 15) is 8.78 Å². The summed E-state index contributed by atoms with van der Waals surface area (Å²) in [7, 11) is 1.76. The van der Waals surface area contributed by atoms with Crippen molar-refractivity contribution >= 4 is 0 Å². The molecule has 1 aromatic rings. The number of hydrogen-bond acceptors (Lipinski definition) is 2. The van der Waals surface area contributed by atoms with Crippen LogP contribution in [-0.2, 0) is 5.92 Å². The van der Waals surface area contributed by atoms with Gasteiger partial charge in [0.1, 0.15) is 0 Å². The molecule has 1 fully saturated rings. The number of halogens is 2. The summed E-state index contributed by atoms with van der Waals surface area (Å²) in [5.41, 5.74) is 6.13. The number of alkyl halides is 2. The van der Waals surface area contributed by atoms with Gasteiger partial charge in [-0.1, -0.05) is 43.2 Å². The lowest BCUT2D eigenvalue weighted by Gasteiger charge is -2.37. The van der Waals surface area contributed by atoms with Crippen LogP contribution in [0.1, 0.15) is 31.2 Å². The normalized spacial score (nSPS) is 24.7. The maximum absolute atomic E-state index is 14.2. The van der Waals surface area contributed by atoms with Crippen molar-refractivity contribution in [3.8, 4) is 0 Å². The van der Waals surface area contributed by atoms with Crippen molar-refractivity contribution in [1.29, 1.82) is 0 Å². The van der Waals surface area contributed by atoms with Crippen LogP contribution in [-0.4, -0.2) is 30.6 Å². The lowest BCUT2D eigenvalue weighted by Crippen LogP contribution is -2.50. The van der Waals surface area contributed by atoms with Crippen LogP contribution in [0.3, 0.4) is 0 Å². The maximum Gasteiger partial charge on any atom is 0.285 e. The second kappa shape index (κ2) is 5.97. The van der Waals surface area contributed by atoms with Gasteiger partial charge in [-0.05, 0) is 19.9 Å². The van der Waals surface area contributed by atoms with Gasteiger partial charge in [-0.2, -0.15) is 8.78 Å². The molecule has 1 aliphatic rings. The van der Waals surface area contributed by atoms with Gasteiger partial charge in [0.05, 0.1) is 6.54 Å². The average Bonchev–Trinajstić information content (AvgIpc) is 2.39. The molecule has 2 N–H and O–H groups in total. The van der Waals surface area contributed by atoms with Gasteiger partial charge in [-0.15, -0.1) is 0 Å². The number of rotatable bonds is 4. The van der Waals surface area contributed by atoms with Gasteiger partial charge in [0.15, 0.2) is 0 Å². The first-order valence-electron chi connectivity index (χ1n) is 6.90.